The van der Waals surface area contributed by atoms with Crippen molar-refractivity contribution < 1.29 is 18.7 Å². The number of hydrogen-bond donors (Lipinski definition) is 1. The maximum Gasteiger partial charge on any atom is 0.342 e. The second kappa shape index (κ2) is 8.26. The summed E-state index contributed by atoms with van der Waals surface area (Å²) in [5.74, 6) is -1.61. The lowest BCUT2D eigenvalue weighted by molar-refractivity contribution is -0.123. The van der Waals surface area contributed by atoms with Gasteiger partial charge in [0.25, 0.3) is 5.91 Å². The Bertz CT molecular complexity index is 1060. The number of carbonyl (C=O) groups is 2. The third-order valence-corrected chi connectivity index (χ3v) is 4.59. The third-order valence-electron chi connectivity index (χ3n) is 4.59. The highest BCUT2D eigenvalue weighted by atomic mass is 19.1. The molecule has 1 heterocycles. The number of carbonyl (C=O) groups excluding carboxylic acids is 2. The van der Waals surface area contributed by atoms with Gasteiger partial charge in [-0.25, -0.2) is 13.9 Å². The van der Waals surface area contributed by atoms with Crippen LogP contribution in [0.5, 0.6) is 0 Å². The molecule has 0 saturated carbocycles. The van der Waals surface area contributed by atoms with Gasteiger partial charge in [-0.15, -0.1) is 0 Å². The van der Waals surface area contributed by atoms with Crippen molar-refractivity contribution in [1.82, 2.24) is 9.78 Å². The Balaban J connectivity index is 1.73. The Morgan fingerprint density at radius 2 is 1.79 bits per heavy atom. The smallest absolute Gasteiger partial charge is 0.342 e. The molecule has 0 unspecified atom stereocenters. The molecule has 0 spiro atoms. The lowest BCUT2D eigenvalue weighted by atomic mass is 10.2. The molecule has 6 nitrogen and oxygen atoms in total. The predicted octanol–water partition coefficient (Wildman–Crippen LogP) is 4.12. The van der Waals surface area contributed by atoms with E-state index < -0.39 is 23.8 Å². The fourth-order valence-corrected chi connectivity index (χ4v) is 2.95. The van der Waals surface area contributed by atoms with Crippen LogP contribution in [-0.2, 0) is 9.53 Å². The van der Waals surface area contributed by atoms with Crippen LogP contribution in [0.15, 0.2) is 48.5 Å². The Hall–Kier alpha value is -3.48. The molecule has 0 aliphatic heterocycles. The Morgan fingerprint density at radius 3 is 2.45 bits per heavy atom. The lowest BCUT2D eigenvalue weighted by Gasteiger charge is -2.14. The van der Waals surface area contributed by atoms with Crippen LogP contribution in [0.2, 0.25) is 0 Å². The van der Waals surface area contributed by atoms with Gasteiger partial charge in [0.2, 0.25) is 0 Å². The van der Waals surface area contributed by atoms with Crippen LogP contribution >= 0.6 is 0 Å². The zero-order valence-electron chi connectivity index (χ0n) is 16.7. The van der Waals surface area contributed by atoms with E-state index in [0.29, 0.717) is 28.2 Å². The van der Waals surface area contributed by atoms with E-state index in [1.807, 2.05) is 30.3 Å². The van der Waals surface area contributed by atoms with E-state index in [-0.39, 0.29) is 0 Å². The fraction of sp³-hybridized carbons (Fsp3) is 0.227. The second-order valence-corrected chi connectivity index (χ2v) is 6.79. The van der Waals surface area contributed by atoms with Crippen LogP contribution in [0.4, 0.5) is 10.1 Å². The number of ether oxygens (including phenoxy) is 1. The summed E-state index contributed by atoms with van der Waals surface area (Å²) in [5, 5.41) is 6.96. The Labute approximate surface area is 168 Å². The molecule has 150 valence electrons. The Kier molecular flexibility index (Phi) is 5.77. The number of para-hydroxylation sites is 1. The van der Waals surface area contributed by atoms with Crippen LogP contribution in [-0.4, -0.2) is 27.8 Å². The highest BCUT2D eigenvalue weighted by molar-refractivity contribution is 5.98. The van der Waals surface area contributed by atoms with Crippen molar-refractivity contribution in [1.29, 1.82) is 0 Å². The van der Waals surface area contributed by atoms with Gasteiger partial charge in [-0.2, -0.15) is 5.10 Å². The molecular formula is C22H22FN3O3. The number of amides is 1. The molecule has 29 heavy (non-hydrogen) atoms. The first kappa shape index (κ1) is 20.3. The molecule has 1 atom stereocenters. The van der Waals surface area contributed by atoms with E-state index in [2.05, 4.69) is 10.4 Å². The molecule has 2 aromatic carbocycles. The SMILES string of the molecule is Cc1ccc(NC(=O)[C@@H](C)OC(=O)c2c(C)nn(-c3ccccc3)c2C)cc1F. The highest BCUT2D eigenvalue weighted by Gasteiger charge is 2.25. The monoisotopic (exact) mass is 395 g/mol. The van der Waals surface area contributed by atoms with Gasteiger partial charge in [0.15, 0.2) is 6.10 Å². The second-order valence-electron chi connectivity index (χ2n) is 6.79. The molecule has 3 rings (SSSR count). The number of benzene rings is 2. The minimum absolute atomic E-state index is 0.297. The number of esters is 1. The zero-order valence-corrected chi connectivity index (χ0v) is 16.7. The highest BCUT2D eigenvalue weighted by Crippen LogP contribution is 2.20. The van der Waals surface area contributed by atoms with Gasteiger partial charge in [-0.05, 0) is 57.5 Å². The first-order chi connectivity index (χ1) is 13.8. The maximum atomic E-state index is 13.6. The molecule has 1 N–H and O–H groups in total. The summed E-state index contributed by atoms with van der Waals surface area (Å²) in [6, 6.07) is 13.8. The first-order valence-corrected chi connectivity index (χ1v) is 9.17. The standard InChI is InChI=1S/C22H22FN3O3/c1-13-10-11-17(12-19(13)23)24-21(27)16(4)29-22(28)20-14(2)25-26(15(20)3)18-8-6-5-7-9-18/h5-12,16H,1-4H3,(H,24,27)/t16-/m1/s1. The normalized spacial score (nSPS) is 11.8. The average molecular weight is 395 g/mol. The topological polar surface area (TPSA) is 73.2 Å². The number of hydrogen-bond acceptors (Lipinski definition) is 4. The average Bonchev–Trinajstić information content (AvgIpc) is 2.99. The van der Waals surface area contributed by atoms with Crippen LogP contribution in [0.1, 0.15) is 34.2 Å². The molecule has 3 aromatic rings. The van der Waals surface area contributed by atoms with Crippen LogP contribution in [0, 0.1) is 26.6 Å². The van der Waals surface area contributed by atoms with Gasteiger partial charge in [0.1, 0.15) is 11.4 Å². The number of nitrogens with zero attached hydrogens (tertiary/aromatic N) is 2. The minimum atomic E-state index is -1.06. The van der Waals surface area contributed by atoms with E-state index in [1.165, 1.54) is 13.0 Å². The molecule has 0 radical (unpaired) electrons. The molecular weight excluding hydrogens is 373 g/mol. The van der Waals surface area contributed by atoms with Crippen molar-refractivity contribution in [3.05, 3.63) is 76.9 Å². The number of halogens is 1. The van der Waals surface area contributed by atoms with Crippen molar-refractivity contribution in [2.75, 3.05) is 5.32 Å². The summed E-state index contributed by atoms with van der Waals surface area (Å²) in [7, 11) is 0. The number of anilines is 1. The molecule has 1 amide bonds. The first-order valence-electron chi connectivity index (χ1n) is 9.17. The lowest BCUT2D eigenvalue weighted by Crippen LogP contribution is -2.30. The number of aromatic nitrogens is 2. The summed E-state index contributed by atoms with van der Waals surface area (Å²) in [5.41, 5.74) is 3.03. The number of rotatable bonds is 5. The van der Waals surface area contributed by atoms with Crippen LogP contribution < -0.4 is 5.32 Å². The summed E-state index contributed by atoms with van der Waals surface area (Å²) in [6.45, 7) is 6.57. The van der Waals surface area contributed by atoms with E-state index in [9.17, 15) is 14.0 Å². The zero-order chi connectivity index (χ0) is 21.1. The van der Waals surface area contributed by atoms with Gasteiger partial charge >= 0.3 is 5.97 Å². The Morgan fingerprint density at radius 1 is 1.10 bits per heavy atom. The molecule has 0 saturated heterocycles. The van der Waals surface area contributed by atoms with Gasteiger partial charge in [0.05, 0.1) is 17.1 Å². The van der Waals surface area contributed by atoms with E-state index in [1.54, 1.807) is 37.6 Å². The molecule has 7 heteroatoms. The van der Waals surface area contributed by atoms with E-state index in [0.717, 1.165) is 5.69 Å². The fourth-order valence-electron chi connectivity index (χ4n) is 2.95. The number of nitrogens with one attached hydrogen (secondary N) is 1. The third kappa shape index (κ3) is 4.34. The van der Waals surface area contributed by atoms with Crippen LogP contribution in [0.3, 0.4) is 0 Å². The van der Waals surface area contributed by atoms with Crippen molar-refractivity contribution in [2.45, 2.75) is 33.8 Å². The quantitative estimate of drug-likeness (QED) is 0.660. The van der Waals surface area contributed by atoms with E-state index in [4.69, 9.17) is 4.74 Å². The minimum Gasteiger partial charge on any atom is -0.449 e. The van der Waals surface area contributed by atoms with Crippen molar-refractivity contribution in [2.24, 2.45) is 0 Å². The van der Waals surface area contributed by atoms with Crippen molar-refractivity contribution >= 4 is 17.6 Å². The van der Waals surface area contributed by atoms with Crippen LogP contribution in [0.25, 0.3) is 5.69 Å². The van der Waals surface area contributed by atoms with Crippen molar-refractivity contribution in [3.8, 4) is 5.69 Å². The summed E-state index contributed by atoms with van der Waals surface area (Å²) in [6.07, 6.45) is -1.06. The number of aryl methyl sites for hydroxylation is 2. The summed E-state index contributed by atoms with van der Waals surface area (Å²) < 4.78 is 20.6. The molecule has 0 bridgehead atoms. The van der Waals surface area contributed by atoms with Gasteiger partial charge < -0.3 is 10.1 Å². The van der Waals surface area contributed by atoms with Gasteiger partial charge in [0, 0.05) is 5.69 Å². The molecule has 1 aromatic heterocycles. The molecule has 0 aliphatic carbocycles. The van der Waals surface area contributed by atoms with Crippen molar-refractivity contribution in [3.63, 3.8) is 0 Å². The summed E-state index contributed by atoms with van der Waals surface area (Å²) in [4.78, 5) is 25.0. The molecule has 0 fully saturated rings. The van der Waals surface area contributed by atoms with Gasteiger partial charge in [-0.3, -0.25) is 4.79 Å². The summed E-state index contributed by atoms with van der Waals surface area (Å²) >= 11 is 0. The predicted molar refractivity (Wildman–Crippen MR) is 108 cm³/mol. The van der Waals surface area contributed by atoms with E-state index >= 15 is 0 Å². The van der Waals surface area contributed by atoms with Gasteiger partial charge in [-0.1, -0.05) is 24.3 Å². The largest absolute Gasteiger partial charge is 0.449 e. The molecule has 0 aliphatic rings. The maximum absolute atomic E-state index is 13.6.